The van der Waals surface area contributed by atoms with Crippen LogP contribution in [0.15, 0.2) is 46.6 Å². The van der Waals surface area contributed by atoms with E-state index in [2.05, 4.69) is 4.99 Å². The summed E-state index contributed by atoms with van der Waals surface area (Å²) < 4.78 is 0. The first-order chi connectivity index (χ1) is 8.47. The second-order valence-electron chi connectivity index (χ2n) is 4.33. The molecule has 18 heavy (non-hydrogen) atoms. The Morgan fingerprint density at radius 3 is 2.50 bits per heavy atom. The second kappa shape index (κ2) is 4.49. The number of allylic oxidation sites excluding steroid dienone is 3. The number of nitrogens with two attached hydrogens (primary N) is 2. The Bertz CT molecular complexity index is 609. The maximum absolute atomic E-state index is 11.4. The molecule has 0 aliphatic heterocycles. The maximum Gasteiger partial charge on any atom is 0.183 e. The molecule has 92 valence electrons. The third-order valence-electron chi connectivity index (χ3n) is 2.79. The third-order valence-corrected chi connectivity index (χ3v) is 2.79. The molecule has 4 heteroatoms. The van der Waals surface area contributed by atoms with E-state index in [0.29, 0.717) is 22.7 Å². The first-order valence-electron chi connectivity index (χ1n) is 5.62. The van der Waals surface area contributed by atoms with Gasteiger partial charge in [0.1, 0.15) is 0 Å². The second-order valence-corrected chi connectivity index (χ2v) is 4.33. The highest BCUT2D eigenvalue weighted by atomic mass is 16.1. The van der Waals surface area contributed by atoms with Crippen LogP contribution < -0.4 is 11.5 Å². The number of carbonyl (C=O) groups excluding carboxylic acids is 1. The minimum Gasteiger partial charge on any atom is -0.399 e. The van der Waals surface area contributed by atoms with Crippen molar-refractivity contribution in [2.45, 2.75) is 13.8 Å². The fourth-order valence-corrected chi connectivity index (χ4v) is 1.72. The van der Waals surface area contributed by atoms with Crippen LogP contribution in [0.2, 0.25) is 0 Å². The minimum atomic E-state index is -0.0690. The van der Waals surface area contributed by atoms with Gasteiger partial charge in [-0.25, -0.2) is 4.99 Å². The number of nitrogens with zero attached hydrogens (tertiary/aromatic N) is 1. The van der Waals surface area contributed by atoms with Gasteiger partial charge in [0, 0.05) is 11.8 Å². The summed E-state index contributed by atoms with van der Waals surface area (Å²) in [6.07, 6.45) is 3.11. The Morgan fingerprint density at radius 2 is 1.83 bits per heavy atom. The van der Waals surface area contributed by atoms with Gasteiger partial charge in [-0.15, -0.1) is 0 Å². The van der Waals surface area contributed by atoms with Gasteiger partial charge in [-0.1, -0.05) is 0 Å². The van der Waals surface area contributed by atoms with Crippen LogP contribution >= 0.6 is 0 Å². The standard InChI is InChI=1S/C14H15N3O/c1-8-5-10(15)3-4-12(8)17-13-6-9(2)14(18)7-11(13)16/h3-7H,15-16H2,1-2H3. The van der Waals surface area contributed by atoms with Crippen molar-refractivity contribution < 1.29 is 4.79 Å². The van der Waals surface area contributed by atoms with E-state index in [1.807, 2.05) is 19.1 Å². The van der Waals surface area contributed by atoms with Crippen LogP contribution in [-0.2, 0) is 4.79 Å². The van der Waals surface area contributed by atoms with Crippen molar-refractivity contribution in [2.75, 3.05) is 5.73 Å². The van der Waals surface area contributed by atoms with E-state index in [1.54, 1.807) is 19.1 Å². The summed E-state index contributed by atoms with van der Waals surface area (Å²) in [6.45, 7) is 3.68. The zero-order chi connectivity index (χ0) is 13.3. The van der Waals surface area contributed by atoms with Crippen molar-refractivity contribution in [2.24, 2.45) is 10.7 Å². The van der Waals surface area contributed by atoms with Crippen molar-refractivity contribution in [3.05, 3.63) is 47.2 Å². The molecule has 4 nitrogen and oxygen atoms in total. The number of hydrogen-bond acceptors (Lipinski definition) is 4. The number of ketones is 1. The molecule has 0 radical (unpaired) electrons. The SMILES string of the molecule is CC1=CC(=Nc2ccc(N)cc2C)C(N)=CC1=O. The van der Waals surface area contributed by atoms with E-state index in [0.717, 1.165) is 11.3 Å². The topological polar surface area (TPSA) is 81.5 Å². The summed E-state index contributed by atoms with van der Waals surface area (Å²) >= 11 is 0. The van der Waals surface area contributed by atoms with Gasteiger partial charge in [0.05, 0.1) is 17.1 Å². The van der Waals surface area contributed by atoms with E-state index in [1.165, 1.54) is 6.08 Å². The van der Waals surface area contributed by atoms with Crippen LogP contribution in [0.3, 0.4) is 0 Å². The number of aryl methyl sites for hydroxylation is 1. The molecular formula is C14H15N3O. The summed E-state index contributed by atoms with van der Waals surface area (Å²) in [7, 11) is 0. The number of anilines is 1. The van der Waals surface area contributed by atoms with Gasteiger partial charge in [0.25, 0.3) is 0 Å². The van der Waals surface area contributed by atoms with Gasteiger partial charge in [-0.05, 0) is 49.3 Å². The zero-order valence-electron chi connectivity index (χ0n) is 10.4. The lowest BCUT2D eigenvalue weighted by atomic mass is 10.0. The zero-order valence-corrected chi connectivity index (χ0v) is 10.4. The van der Waals surface area contributed by atoms with Gasteiger partial charge in [-0.2, -0.15) is 0 Å². The molecule has 0 bridgehead atoms. The molecule has 1 aromatic rings. The Kier molecular flexibility index (Phi) is 3.02. The van der Waals surface area contributed by atoms with Crippen molar-refractivity contribution >= 4 is 22.9 Å². The molecular weight excluding hydrogens is 226 g/mol. The van der Waals surface area contributed by atoms with Crippen molar-refractivity contribution in [1.82, 2.24) is 0 Å². The summed E-state index contributed by atoms with van der Waals surface area (Å²) in [4.78, 5) is 15.9. The van der Waals surface area contributed by atoms with Gasteiger partial charge in [0.15, 0.2) is 5.78 Å². The summed E-state index contributed by atoms with van der Waals surface area (Å²) in [6, 6.07) is 5.48. The molecule has 4 N–H and O–H groups in total. The average molecular weight is 241 g/mol. The maximum atomic E-state index is 11.4. The van der Waals surface area contributed by atoms with Gasteiger partial charge < -0.3 is 11.5 Å². The Morgan fingerprint density at radius 1 is 1.11 bits per heavy atom. The van der Waals surface area contributed by atoms with Crippen LogP contribution in [0.1, 0.15) is 12.5 Å². The van der Waals surface area contributed by atoms with E-state index < -0.39 is 0 Å². The Labute approximate surface area is 106 Å². The highest BCUT2D eigenvalue weighted by Crippen LogP contribution is 2.22. The van der Waals surface area contributed by atoms with Crippen molar-refractivity contribution in [3.8, 4) is 0 Å². The first-order valence-corrected chi connectivity index (χ1v) is 5.62. The molecule has 2 rings (SSSR count). The van der Waals surface area contributed by atoms with Crippen LogP contribution in [0, 0.1) is 6.92 Å². The largest absolute Gasteiger partial charge is 0.399 e. The van der Waals surface area contributed by atoms with Crippen LogP contribution in [0.25, 0.3) is 0 Å². The highest BCUT2D eigenvalue weighted by Gasteiger charge is 2.13. The van der Waals surface area contributed by atoms with E-state index >= 15 is 0 Å². The minimum absolute atomic E-state index is 0.0690. The van der Waals surface area contributed by atoms with Gasteiger partial charge >= 0.3 is 0 Å². The molecule has 0 unspecified atom stereocenters. The lowest BCUT2D eigenvalue weighted by molar-refractivity contribution is -0.111. The van der Waals surface area contributed by atoms with Crippen LogP contribution in [-0.4, -0.2) is 11.5 Å². The number of carbonyl (C=O) groups is 1. The summed E-state index contributed by atoms with van der Waals surface area (Å²) in [5, 5.41) is 0. The van der Waals surface area contributed by atoms with E-state index in [4.69, 9.17) is 11.5 Å². The molecule has 1 aliphatic rings. The molecule has 0 spiro atoms. The molecule has 0 saturated heterocycles. The van der Waals surface area contributed by atoms with Crippen LogP contribution in [0.4, 0.5) is 11.4 Å². The molecule has 0 atom stereocenters. The first kappa shape index (κ1) is 12.1. The van der Waals surface area contributed by atoms with Gasteiger partial charge in [0.2, 0.25) is 0 Å². The van der Waals surface area contributed by atoms with E-state index in [9.17, 15) is 4.79 Å². The monoisotopic (exact) mass is 241 g/mol. The summed E-state index contributed by atoms with van der Waals surface area (Å²) in [5.74, 6) is -0.0690. The van der Waals surface area contributed by atoms with E-state index in [-0.39, 0.29) is 5.78 Å². The molecule has 0 saturated carbocycles. The quantitative estimate of drug-likeness (QED) is 0.583. The smallest absolute Gasteiger partial charge is 0.183 e. The molecule has 0 amide bonds. The summed E-state index contributed by atoms with van der Waals surface area (Å²) in [5.41, 5.74) is 15.6. The van der Waals surface area contributed by atoms with Crippen LogP contribution in [0.5, 0.6) is 0 Å². The predicted octanol–water partition coefficient (Wildman–Crippen LogP) is 2.02. The highest BCUT2D eigenvalue weighted by molar-refractivity contribution is 6.21. The fourth-order valence-electron chi connectivity index (χ4n) is 1.72. The molecule has 1 aliphatic carbocycles. The number of hydrogen-bond donors (Lipinski definition) is 2. The normalized spacial score (nSPS) is 17.7. The molecule has 1 aromatic carbocycles. The average Bonchev–Trinajstić information content (AvgIpc) is 2.29. The number of nitrogen functional groups attached to an aromatic ring is 1. The fraction of sp³-hybridized carbons (Fsp3) is 0.143. The molecule has 0 fully saturated rings. The number of benzene rings is 1. The molecule has 0 heterocycles. The van der Waals surface area contributed by atoms with Gasteiger partial charge in [-0.3, -0.25) is 4.79 Å². The molecule has 0 aromatic heterocycles. The third kappa shape index (κ3) is 2.32. The Hall–Kier alpha value is -2.36. The lowest BCUT2D eigenvalue weighted by Crippen LogP contribution is -2.17. The Balaban J connectivity index is 2.45. The van der Waals surface area contributed by atoms with Crippen molar-refractivity contribution in [1.29, 1.82) is 0 Å². The lowest BCUT2D eigenvalue weighted by Gasteiger charge is -2.10. The predicted molar refractivity (Wildman–Crippen MR) is 73.7 cm³/mol. The number of rotatable bonds is 1. The number of aliphatic imine (C=N–C) groups is 1. The van der Waals surface area contributed by atoms with Crippen molar-refractivity contribution in [3.63, 3.8) is 0 Å².